The molecule has 5 nitrogen and oxygen atoms in total. The third kappa shape index (κ3) is 3.76. The van der Waals surface area contributed by atoms with Gasteiger partial charge in [-0.15, -0.1) is 0 Å². The van der Waals surface area contributed by atoms with Crippen LogP contribution in [0.25, 0.3) is 0 Å². The highest BCUT2D eigenvalue weighted by Crippen LogP contribution is 2.32. The van der Waals surface area contributed by atoms with E-state index in [0.29, 0.717) is 12.1 Å². The highest BCUT2D eigenvalue weighted by molar-refractivity contribution is 5.95. The lowest BCUT2D eigenvalue weighted by Gasteiger charge is -2.18. The molecule has 0 unspecified atom stereocenters. The molecule has 0 radical (unpaired) electrons. The maximum Gasteiger partial charge on any atom is 0.255 e. The summed E-state index contributed by atoms with van der Waals surface area (Å²) >= 11 is 0. The predicted molar refractivity (Wildman–Crippen MR) is 97.4 cm³/mol. The number of aryl methyl sites for hydroxylation is 1. The summed E-state index contributed by atoms with van der Waals surface area (Å²) in [6.45, 7) is 5.52. The van der Waals surface area contributed by atoms with Crippen LogP contribution < -0.4 is 5.73 Å². The Morgan fingerprint density at radius 3 is 2.60 bits per heavy atom. The molecule has 0 saturated heterocycles. The van der Waals surface area contributed by atoms with Gasteiger partial charge in [0.2, 0.25) is 5.91 Å². The third-order valence-corrected chi connectivity index (χ3v) is 4.92. The molecular weight excluding hydrogens is 314 g/mol. The van der Waals surface area contributed by atoms with Crippen LogP contribution in [0.5, 0.6) is 0 Å². The zero-order valence-corrected chi connectivity index (χ0v) is 15.1. The van der Waals surface area contributed by atoms with Crippen molar-refractivity contribution in [2.75, 3.05) is 7.05 Å². The molecule has 0 atom stereocenters. The van der Waals surface area contributed by atoms with Gasteiger partial charge in [0.15, 0.2) is 0 Å². The van der Waals surface area contributed by atoms with E-state index in [-0.39, 0.29) is 5.91 Å². The van der Waals surface area contributed by atoms with Crippen molar-refractivity contribution in [2.24, 2.45) is 11.7 Å². The van der Waals surface area contributed by atoms with E-state index in [0.717, 1.165) is 35.0 Å². The topological polar surface area (TPSA) is 68.3 Å². The van der Waals surface area contributed by atoms with E-state index in [1.165, 1.54) is 12.8 Å². The molecule has 1 aromatic carbocycles. The highest BCUT2D eigenvalue weighted by Gasteiger charge is 2.25. The Balaban J connectivity index is 1.76. The van der Waals surface area contributed by atoms with Gasteiger partial charge >= 0.3 is 0 Å². The summed E-state index contributed by atoms with van der Waals surface area (Å²) in [4.78, 5) is 25.9. The Bertz CT molecular complexity index is 818. The summed E-state index contributed by atoms with van der Waals surface area (Å²) in [7, 11) is 1.78. The molecule has 0 aliphatic heterocycles. The fraction of sp³-hybridized carbons (Fsp3) is 0.400. The normalized spacial score (nSPS) is 13.7. The van der Waals surface area contributed by atoms with E-state index in [4.69, 9.17) is 5.73 Å². The number of nitrogens with zero attached hydrogens (tertiary/aromatic N) is 2. The number of nitrogens with two attached hydrogens (primary N) is 1. The van der Waals surface area contributed by atoms with E-state index in [1.54, 1.807) is 30.1 Å². The fourth-order valence-corrected chi connectivity index (χ4v) is 3.23. The van der Waals surface area contributed by atoms with Gasteiger partial charge in [-0.3, -0.25) is 9.59 Å². The highest BCUT2D eigenvalue weighted by atomic mass is 16.2. The largest absolute Gasteiger partial charge is 0.366 e. The number of aromatic nitrogens is 1. The number of primary amides is 1. The molecule has 0 bridgehead atoms. The predicted octanol–water partition coefficient (Wildman–Crippen LogP) is 2.89. The van der Waals surface area contributed by atoms with Crippen LogP contribution in [0, 0.1) is 19.8 Å². The monoisotopic (exact) mass is 339 g/mol. The average molecular weight is 339 g/mol. The van der Waals surface area contributed by atoms with E-state index >= 15 is 0 Å². The first-order valence-electron chi connectivity index (χ1n) is 8.67. The molecule has 1 fully saturated rings. The Morgan fingerprint density at radius 2 is 1.96 bits per heavy atom. The SMILES string of the molecule is Cc1cc(C(=O)N(C)Cc2cccc(C(N)=O)c2)c(C)n1CC1CC1. The van der Waals surface area contributed by atoms with Gasteiger partial charge in [-0.2, -0.15) is 0 Å². The van der Waals surface area contributed by atoms with Gasteiger partial charge in [0.1, 0.15) is 0 Å². The zero-order valence-electron chi connectivity index (χ0n) is 15.1. The van der Waals surface area contributed by atoms with Gasteiger partial charge in [-0.25, -0.2) is 0 Å². The van der Waals surface area contributed by atoms with Gasteiger partial charge in [-0.05, 0) is 56.4 Å². The molecule has 1 heterocycles. The lowest BCUT2D eigenvalue weighted by Crippen LogP contribution is -2.27. The fourth-order valence-electron chi connectivity index (χ4n) is 3.23. The van der Waals surface area contributed by atoms with Crippen molar-refractivity contribution in [3.05, 3.63) is 58.4 Å². The van der Waals surface area contributed by atoms with Crippen LogP contribution >= 0.6 is 0 Å². The summed E-state index contributed by atoms with van der Waals surface area (Å²) in [5.74, 6) is 0.307. The number of rotatable bonds is 6. The minimum Gasteiger partial charge on any atom is -0.366 e. The average Bonchev–Trinajstić information content (AvgIpc) is 3.35. The van der Waals surface area contributed by atoms with Crippen LogP contribution in [0.2, 0.25) is 0 Å². The summed E-state index contributed by atoms with van der Waals surface area (Å²) in [5.41, 5.74) is 9.60. The second kappa shape index (κ2) is 6.75. The van der Waals surface area contributed by atoms with Gasteiger partial charge < -0.3 is 15.2 Å². The van der Waals surface area contributed by atoms with E-state index in [1.807, 2.05) is 19.1 Å². The van der Waals surface area contributed by atoms with Crippen LogP contribution in [-0.4, -0.2) is 28.3 Å². The van der Waals surface area contributed by atoms with Crippen molar-refractivity contribution >= 4 is 11.8 Å². The van der Waals surface area contributed by atoms with Crippen LogP contribution in [0.15, 0.2) is 30.3 Å². The maximum absolute atomic E-state index is 12.9. The van der Waals surface area contributed by atoms with Crippen molar-refractivity contribution < 1.29 is 9.59 Å². The molecular formula is C20H25N3O2. The zero-order chi connectivity index (χ0) is 18.1. The van der Waals surface area contributed by atoms with Crippen molar-refractivity contribution in [1.82, 2.24) is 9.47 Å². The molecule has 0 spiro atoms. The van der Waals surface area contributed by atoms with Crippen molar-refractivity contribution in [3.63, 3.8) is 0 Å². The Hall–Kier alpha value is -2.56. The summed E-state index contributed by atoms with van der Waals surface area (Å²) in [6, 6.07) is 9.08. The number of amides is 2. The van der Waals surface area contributed by atoms with Crippen molar-refractivity contribution in [2.45, 2.75) is 39.8 Å². The second-order valence-corrected chi connectivity index (χ2v) is 7.06. The Morgan fingerprint density at radius 1 is 1.24 bits per heavy atom. The minimum absolute atomic E-state index is 0.000347. The second-order valence-electron chi connectivity index (χ2n) is 7.06. The van der Waals surface area contributed by atoms with Crippen LogP contribution in [-0.2, 0) is 13.1 Å². The molecule has 1 aromatic heterocycles. The number of carbonyl (C=O) groups excluding carboxylic acids is 2. The van der Waals surface area contributed by atoms with Crippen LogP contribution in [0.1, 0.15) is 50.5 Å². The van der Waals surface area contributed by atoms with Gasteiger partial charge in [-0.1, -0.05) is 12.1 Å². The Kier molecular flexibility index (Phi) is 4.66. The number of benzene rings is 1. The number of hydrogen-bond donors (Lipinski definition) is 1. The first kappa shape index (κ1) is 17.3. The van der Waals surface area contributed by atoms with E-state index in [2.05, 4.69) is 11.5 Å². The van der Waals surface area contributed by atoms with E-state index < -0.39 is 5.91 Å². The minimum atomic E-state index is -0.459. The summed E-state index contributed by atoms with van der Waals surface area (Å²) in [6.07, 6.45) is 2.58. The standard InChI is InChI=1S/C20H25N3O2/c1-13-9-18(14(2)23(13)12-15-7-8-15)20(25)22(3)11-16-5-4-6-17(10-16)19(21)24/h4-6,9-10,15H,7-8,11-12H2,1-3H3,(H2,21,24). The Labute approximate surface area is 148 Å². The smallest absolute Gasteiger partial charge is 0.255 e. The lowest BCUT2D eigenvalue weighted by atomic mass is 10.1. The van der Waals surface area contributed by atoms with Crippen molar-refractivity contribution in [1.29, 1.82) is 0 Å². The quantitative estimate of drug-likeness (QED) is 0.879. The number of hydrogen-bond acceptors (Lipinski definition) is 2. The van der Waals surface area contributed by atoms with Gasteiger partial charge in [0.05, 0.1) is 5.56 Å². The van der Waals surface area contributed by atoms with Crippen LogP contribution in [0.3, 0.4) is 0 Å². The molecule has 132 valence electrons. The third-order valence-electron chi connectivity index (χ3n) is 4.92. The van der Waals surface area contributed by atoms with E-state index in [9.17, 15) is 9.59 Å². The lowest BCUT2D eigenvalue weighted by molar-refractivity contribution is 0.0784. The molecule has 1 saturated carbocycles. The van der Waals surface area contributed by atoms with Crippen LogP contribution in [0.4, 0.5) is 0 Å². The molecule has 2 amide bonds. The molecule has 2 N–H and O–H groups in total. The van der Waals surface area contributed by atoms with Gasteiger partial charge in [0, 0.05) is 37.1 Å². The first-order chi connectivity index (χ1) is 11.9. The number of carbonyl (C=O) groups is 2. The maximum atomic E-state index is 12.9. The molecule has 3 rings (SSSR count). The molecule has 2 aromatic rings. The summed E-state index contributed by atoms with van der Waals surface area (Å²) < 4.78 is 2.26. The molecule has 25 heavy (non-hydrogen) atoms. The molecule has 5 heteroatoms. The first-order valence-corrected chi connectivity index (χ1v) is 8.67. The van der Waals surface area contributed by atoms with Gasteiger partial charge in [0.25, 0.3) is 5.91 Å². The van der Waals surface area contributed by atoms with Crippen molar-refractivity contribution in [3.8, 4) is 0 Å². The molecule has 1 aliphatic carbocycles. The summed E-state index contributed by atoms with van der Waals surface area (Å²) in [5, 5.41) is 0. The molecule has 1 aliphatic rings.